The van der Waals surface area contributed by atoms with Gasteiger partial charge in [0.25, 0.3) is 5.69 Å². The number of hydrogen-bond donors (Lipinski definition) is 1. The lowest BCUT2D eigenvalue weighted by Crippen LogP contribution is -2.14. The first-order chi connectivity index (χ1) is 12.8. The van der Waals surface area contributed by atoms with Crippen LogP contribution in [0.1, 0.15) is 13.3 Å². The highest BCUT2D eigenvalue weighted by Crippen LogP contribution is 2.38. The predicted molar refractivity (Wildman–Crippen MR) is 99.2 cm³/mol. The molecule has 0 aliphatic heterocycles. The zero-order valence-electron chi connectivity index (χ0n) is 14.4. The minimum absolute atomic E-state index is 0.0561. The number of ketones is 1. The Bertz CT molecular complexity index is 930. The number of nitrogens with zero attached hydrogens (tertiary/aromatic N) is 3. The summed E-state index contributed by atoms with van der Waals surface area (Å²) in [4.78, 5) is 33.5. The fraction of sp³-hybridized carbons (Fsp3) is 0.176. The Kier molecular flexibility index (Phi) is 6.56. The molecule has 0 unspecified atom stereocenters. The van der Waals surface area contributed by atoms with E-state index in [9.17, 15) is 19.7 Å². The first-order valence-corrected chi connectivity index (χ1v) is 8.01. The molecule has 0 bridgehead atoms. The van der Waals surface area contributed by atoms with E-state index in [1.807, 2.05) is 0 Å². The smallest absolute Gasteiger partial charge is 0.296 e. The fourth-order valence-corrected chi connectivity index (χ4v) is 2.31. The standard InChI is InChI=1S/C17H15ClN4O5/c1-10(23)8-16(24)19-12-4-3-5-15(27-2)17(12)21-20-13-9-11(18)6-7-14(13)22(25)26/h3-7,9H,8H2,1-2H3,(H,19,24). The molecule has 9 nitrogen and oxygen atoms in total. The second-order valence-corrected chi connectivity index (χ2v) is 5.81. The quantitative estimate of drug-likeness (QED) is 0.320. The van der Waals surface area contributed by atoms with Crippen molar-refractivity contribution in [2.45, 2.75) is 13.3 Å². The summed E-state index contributed by atoms with van der Waals surface area (Å²) in [7, 11) is 1.40. The maximum Gasteiger partial charge on any atom is 0.296 e. The van der Waals surface area contributed by atoms with E-state index < -0.39 is 10.8 Å². The molecule has 1 amide bonds. The average Bonchev–Trinajstić information content (AvgIpc) is 2.59. The number of ether oxygens (including phenoxy) is 1. The Balaban J connectivity index is 2.44. The molecule has 0 radical (unpaired) electrons. The lowest BCUT2D eigenvalue weighted by atomic mass is 10.2. The van der Waals surface area contributed by atoms with Crippen LogP contribution in [0.4, 0.5) is 22.7 Å². The van der Waals surface area contributed by atoms with Crippen molar-refractivity contribution in [1.82, 2.24) is 0 Å². The first-order valence-electron chi connectivity index (χ1n) is 7.63. The summed E-state index contributed by atoms with van der Waals surface area (Å²) >= 11 is 5.87. The number of halogens is 1. The Morgan fingerprint density at radius 3 is 2.63 bits per heavy atom. The second kappa shape index (κ2) is 8.86. The van der Waals surface area contributed by atoms with Crippen LogP contribution in [-0.2, 0) is 9.59 Å². The van der Waals surface area contributed by atoms with Crippen LogP contribution >= 0.6 is 11.6 Å². The number of benzene rings is 2. The molecular weight excluding hydrogens is 376 g/mol. The molecule has 2 aromatic rings. The third-order valence-electron chi connectivity index (χ3n) is 3.29. The topological polar surface area (TPSA) is 123 Å². The number of hydrogen-bond acceptors (Lipinski definition) is 7. The Morgan fingerprint density at radius 2 is 2.00 bits per heavy atom. The van der Waals surface area contributed by atoms with Crippen molar-refractivity contribution in [3.63, 3.8) is 0 Å². The lowest BCUT2D eigenvalue weighted by molar-refractivity contribution is -0.384. The molecule has 0 saturated heterocycles. The molecule has 0 spiro atoms. The molecule has 1 N–H and O–H groups in total. The first kappa shape index (κ1) is 20.0. The molecule has 0 saturated carbocycles. The van der Waals surface area contributed by atoms with Gasteiger partial charge in [0.05, 0.1) is 24.1 Å². The van der Waals surface area contributed by atoms with Crippen molar-refractivity contribution in [2.75, 3.05) is 12.4 Å². The van der Waals surface area contributed by atoms with Crippen LogP contribution in [0.15, 0.2) is 46.6 Å². The highest BCUT2D eigenvalue weighted by molar-refractivity contribution is 6.30. The van der Waals surface area contributed by atoms with Crippen LogP contribution in [0.5, 0.6) is 5.75 Å². The number of nitro groups is 1. The summed E-state index contributed by atoms with van der Waals surface area (Å²) in [5, 5.41) is 21.8. The van der Waals surface area contributed by atoms with E-state index in [0.717, 1.165) is 0 Å². The summed E-state index contributed by atoms with van der Waals surface area (Å²) in [6.45, 7) is 1.30. The molecule has 0 fully saturated rings. The molecule has 0 heterocycles. The van der Waals surface area contributed by atoms with Crippen LogP contribution in [0, 0.1) is 10.1 Å². The molecule has 140 valence electrons. The monoisotopic (exact) mass is 390 g/mol. The van der Waals surface area contributed by atoms with Crippen LogP contribution in [0.2, 0.25) is 5.02 Å². The zero-order chi connectivity index (χ0) is 20.0. The van der Waals surface area contributed by atoms with Crippen LogP contribution < -0.4 is 10.1 Å². The van der Waals surface area contributed by atoms with Gasteiger partial charge in [0.15, 0.2) is 11.4 Å². The van der Waals surface area contributed by atoms with Crippen LogP contribution in [0.25, 0.3) is 0 Å². The van der Waals surface area contributed by atoms with Gasteiger partial charge in [-0.2, -0.15) is 0 Å². The van der Waals surface area contributed by atoms with Gasteiger partial charge in [-0.05, 0) is 31.2 Å². The number of carbonyl (C=O) groups excluding carboxylic acids is 2. The molecule has 0 aromatic heterocycles. The Hall–Kier alpha value is -3.33. The van der Waals surface area contributed by atoms with Gasteiger partial charge in [-0.15, -0.1) is 10.2 Å². The summed E-state index contributed by atoms with van der Waals surface area (Å²) in [5.41, 5.74) is 0.0554. The number of nitro benzene ring substituents is 1. The van der Waals surface area contributed by atoms with Gasteiger partial charge in [0.1, 0.15) is 11.5 Å². The largest absolute Gasteiger partial charge is 0.494 e. The van der Waals surface area contributed by atoms with E-state index in [1.54, 1.807) is 18.2 Å². The normalized spacial score (nSPS) is 10.6. The maximum atomic E-state index is 11.9. The number of azo groups is 1. The predicted octanol–water partition coefficient (Wildman–Crippen LogP) is 4.59. The number of methoxy groups -OCH3 is 1. The van der Waals surface area contributed by atoms with E-state index in [2.05, 4.69) is 15.5 Å². The van der Waals surface area contributed by atoms with Crippen LogP contribution in [-0.4, -0.2) is 23.7 Å². The molecule has 10 heteroatoms. The van der Waals surface area contributed by atoms with Gasteiger partial charge >= 0.3 is 0 Å². The Labute approximate surface area is 159 Å². The van der Waals surface area contributed by atoms with Crippen molar-refractivity contribution in [3.05, 3.63) is 51.5 Å². The maximum absolute atomic E-state index is 11.9. The minimum atomic E-state index is -0.609. The van der Waals surface area contributed by atoms with Gasteiger partial charge in [0, 0.05) is 11.1 Å². The third-order valence-corrected chi connectivity index (χ3v) is 3.53. The SMILES string of the molecule is COc1cccc(NC(=O)CC(C)=O)c1N=Nc1cc(Cl)ccc1[N+](=O)[O-]. The van der Waals surface area contributed by atoms with E-state index in [1.165, 1.54) is 32.2 Å². The summed E-state index contributed by atoms with van der Waals surface area (Å²) in [6, 6.07) is 8.63. The third kappa shape index (κ3) is 5.32. The van der Waals surface area contributed by atoms with E-state index in [0.29, 0.717) is 0 Å². The molecule has 0 aliphatic rings. The molecule has 27 heavy (non-hydrogen) atoms. The van der Waals surface area contributed by atoms with Crippen molar-refractivity contribution in [3.8, 4) is 5.75 Å². The van der Waals surface area contributed by atoms with Gasteiger partial charge < -0.3 is 10.1 Å². The highest BCUT2D eigenvalue weighted by Gasteiger charge is 2.16. The second-order valence-electron chi connectivity index (χ2n) is 5.37. The summed E-state index contributed by atoms with van der Waals surface area (Å²) < 4.78 is 5.21. The van der Waals surface area contributed by atoms with Crippen LogP contribution in [0.3, 0.4) is 0 Å². The van der Waals surface area contributed by atoms with Crippen molar-refractivity contribution in [2.24, 2.45) is 10.2 Å². The molecule has 0 atom stereocenters. The molecule has 2 aromatic carbocycles. The van der Waals surface area contributed by atoms with Crippen molar-refractivity contribution >= 4 is 46.0 Å². The lowest BCUT2D eigenvalue weighted by Gasteiger charge is -2.10. The zero-order valence-corrected chi connectivity index (χ0v) is 15.2. The Morgan fingerprint density at radius 1 is 1.26 bits per heavy atom. The van der Waals surface area contributed by atoms with Gasteiger partial charge in [-0.1, -0.05) is 17.7 Å². The van der Waals surface area contributed by atoms with Gasteiger partial charge in [-0.25, -0.2) is 0 Å². The molecular formula is C17H15ClN4O5. The van der Waals surface area contributed by atoms with Gasteiger partial charge in [-0.3, -0.25) is 19.7 Å². The van der Waals surface area contributed by atoms with E-state index in [4.69, 9.17) is 16.3 Å². The average molecular weight is 391 g/mol. The molecule has 0 aliphatic carbocycles. The van der Waals surface area contributed by atoms with Crippen molar-refractivity contribution < 1.29 is 19.2 Å². The van der Waals surface area contributed by atoms with E-state index >= 15 is 0 Å². The number of anilines is 1. The number of Topliss-reactive ketones (excluding diaryl/α,β-unsaturated/α-hetero) is 1. The number of rotatable bonds is 7. The van der Waals surface area contributed by atoms with E-state index in [-0.39, 0.29) is 45.7 Å². The van der Waals surface area contributed by atoms with Gasteiger partial charge in [0.2, 0.25) is 5.91 Å². The van der Waals surface area contributed by atoms with Crippen molar-refractivity contribution in [1.29, 1.82) is 0 Å². The number of amides is 1. The number of nitrogens with one attached hydrogen (secondary N) is 1. The summed E-state index contributed by atoms with van der Waals surface area (Å²) in [6.07, 6.45) is -0.298. The summed E-state index contributed by atoms with van der Waals surface area (Å²) in [5.74, 6) is -0.543. The molecule has 2 rings (SSSR count). The minimum Gasteiger partial charge on any atom is -0.494 e. The number of carbonyl (C=O) groups is 2. The highest BCUT2D eigenvalue weighted by atomic mass is 35.5. The fourth-order valence-electron chi connectivity index (χ4n) is 2.15.